The Kier molecular flexibility index (Phi) is 3.79. The third-order valence-electron chi connectivity index (χ3n) is 3.56. The molecule has 0 radical (unpaired) electrons. The second-order valence-corrected chi connectivity index (χ2v) is 4.70. The molecule has 0 amide bonds. The molecule has 1 aromatic rings. The first kappa shape index (κ1) is 10.7. The van der Waals surface area contributed by atoms with Crippen LogP contribution < -0.4 is 5.32 Å². The van der Waals surface area contributed by atoms with Crippen LogP contribution in [0, 0.1) is 5.92 Å². The third kappa shape index (κ3) is 2.82. The summed E-state index contributed by atoms with van der Waals surface area (Å²) >= 11 is 0. The number of benzene rings is 1. The fourth-order valence-corrected chi connectivity index (χ4v) is 2.44. The Hall–Kier alpha value is -0.820. The molecule has 1 aliphatic carbocycles. The molecule has 1 aliphatic rings. The van der Waals surface area contributed by atoms with Crippen LogP contribution in [0.4, 0.5) is 0 Å². The quantitative estimate of drug-likeness (QED) is 0.775. The van der Waals surface area contributed by atoms with Crippen molar-refractivity contribution in [2.45, 2.75) is 31.6 Å². The summed E-state index contributed by atoms with van der Waals surface area (Å²) in [5, 5.41) is 3.32. The van der Waals surface area contributed by atoms with Crippen molar-refractivity contribution < 1.29 is 0 Å². The molecule has 1 unspecified atom stereocenters. The van der Waals surface area contributed by atoms with Gasteiger partial charge < -0.3 is 5.32 Å². The highest BCUT2D eigenvalue weighted by molar-refractivity contribution is 5.20. The van der Waals surface area contributed by atoms with Gasteiger partial charge in [0.2, 0.25) is 0 Å². The molecular formula is C14H21N. The van der Waals surface area contributed by atoms with Gasteiger partial charge in [0.1, 0.15) is 0 Å². The van der Waals surface area contributed by atoms with Gasteiger partial charge in [0.25, 0.3) is 0 Å². The summed E-state index contributed by atoms with van der Waals surface area (Å²) in [6, 6.07) is 10.9. The molecule has 1 N–H and O–H groups in total. The molecule has 1 aromatic carbocycles. The molecule has 0 aliphatic heterocycles. The first-order chi connectivity index (χ1) is 7.40. The second kappa shape index (κ2) is 5.32. The SMILES string of the molecule is CNCC(CC1CCC1)c1ccccc1. The van der Waals surface area contributed by atoms with Crippen molar-refractivity contribution in [2.24, 2.45) is 5.92 Å². The molecule has 2 rings (SSSR count). The predicted octanol–water partition coefficient (Wildman–Crippen LogP) is 3.18. The maximum absolute atomic E-state index is 3.32. The highest BCUT2D eigenvalue weighted by Crippen LogP contribution is 2.35. The molecule has 0 heterocycles. The summed E-state index contributed by atoms with van der Waals surface area (Å²) in [6.45, 7) is 1.11. The van der Waals surface area contributed by atoms with Gasteiger partial charge in [-0.1, -0.05) is 49.6 Å². The van der Waals surface area contributed by atoms with Crippen LogP contribution in [0.1, 0.15) is 37.2 Å². The van der Waals surface area contributed by atoms with Gasteiger partial charge in [0.05, 0.1) is 0 Å². The van der Waals surface area contributed by atoms with Gasteiger partial charge in [0.15, 0.2) is 0 Å². The van der Waals surface area contributed by atoms with Crippen LogP contribution >= 0.6 is 0 Å². The van der Waals surface area contributed by atoms with E-state index in [9.17, 15) is 0 Å². The summed E-state index contributed by atoms with van der Waals surface area (Å²) in [7, 11) is 2.05. The Morgan fingerprint density at radius 3 is 2.53 bits per heavy atom. The van der Waals surface area contributed by atoms with Crippen molar-refractivity contribution in [3.05, 3.63) is 35.9 Å². The van der Waals surface area contributed by atoms with Crippen molar-refractivity contribution in [3.63, 3.8) is 0 Å². The number of rotatable bonds is 5. The zero-order valence-corrected chi connectivity index (χ0v) is 9.58. The topological polar surface area (TPSA) is 12.0 Å². The van der Waals surface area contributed by atoms with Crippen LogP contribution in [0.3, 0.4) is 0 Å². The first-order valence-electron chi connectivity index (χ1n) is 6.09. The monoisotopic (exact) mass is 203 g/mol. The van der Waals surface area contributed by atoms with E-state index in [1.165, 1.54) is 31.2 Å². The van der Waals surface area contributed by atoms with Crippen molar-refractivity contribution in [2.75, 3.05) is 13.6 Å². The standard InChI is InChI=1S/C14H21N/c1-15-11-14(10-12-6-5-7-12)13-8-3-2-4-9-13/h2-4,8-9,12,14-15H,5-7,10-11H2,1H3. The highest BCUT2D eigenvalue weighted by Gasteiger charge is 2.22. The lowest BCUT2D eigenvalue weighted by Gasteiger charge is -2.30. The average molecular weight is 203 g/mol. The van der Waals surface area contributed by atoms with E-state index < -0.39 is 0 Å². The van der Waals surface area contributed by atoms with Crippen LogP contribution in [-0.4, -0.2) is 13.6 Å². The zero-order valence-electron chi connectivity index (χ0n) is 9.58. The lowest BCUT2D eigenvalue weighted by Crippen LogP contribution is -2.22. The lowest BCUT2D eigenvalue weighted by molar-refractivity contribution is 0.274. The fourth-order valence-electron chi connectivity index (χ4n) is 2.44. The summed E-state index contributed by atoms with van der Waals surface area (Å²) in [5.74, 6) is 1.70. The molecule has 0 aromatic heterocycles. The summed E-state index contributed by atoms with van der Waals surface area (Å²) in [6.07, 6.45) is 5.72. The van der Waals surface area contributed by atoms with E-state index in [4.69, 9.17) is 0 Å². The molecule has 82 valence electrons. The van der Waals surface area contributed by atoms with E-state index in [2.05, 4.69) is 42.7 Å². The van der Waals surface area contributed by atoms with Crippen LogP contribution in [-0.2, 0) is 0 Å². The smallest absolute Gasteiger partial charge is 0.00172 e. The van der Waals surface area contributed by atoms with E-state index in [0.29, 0.717) is 5.92 Å². The molecule has 1 atom stereocenters. The average Bonchev–Trinajstić information content (AvgIpc) is 2.23. The molecule has 1 fully saturated rings. The predicted molar refractivity (Wildman–Crippen MR) is 65.1 cm³/mol. The van der Waals surface area contributed by atoms with Crippen LogP contribution in [0.5, 0.6) is 0 Å². The van der Waals surface area contributed by atoms with E-state index in [1.54, 1.807) is 0 Å². The van der Waals surface area contributed by atoms with Crippen molar-refractivity contribution in [1.29, 1.82) is 0 Å². The third-order valence-corrected chi connectivity index (χ3v) is 3.56. The number of hydrogen-bond acceptors (Lipinski definition) is 1. The van der Waals surface area contributed by atoms with Gasteiger partial charge in [-0.05, 0) is 30.9 Å². The number of nitrogens with one attached hydrogen (secondary N) is 1. The van der Waals surface area contributed by atoms with Crippen molar-refractivity contribution in [3.8, 4) is 0 Å². The Bertz CT molecular complexity index is 277. The minimum absolute atomic E-state index is 0.710. The molecule has 0 bridgehead atoms. The molecular weight excluding hydrogens is 182 g/mol. The van der Waals surface area contributed by atoms with E-state index in [0.717, 1.165) is 12.5 Å². The number of hydrogen-bond donors (Lipinski definition) is 1. The van der Waals surface area contributed by atoms with Gasteiger partial charge in [-0.15, -0.1) is 0 Å². The molecule has 1 nitrogen and oxygen atoms in total. The van der Waals surface area contributed by atoms with Gasteiger partial charge in [-0.25, -0.2) is 0 Å². The van der Waals surface area contributed by atoms with Crippen LogP contribution in [0.15, 0.2) is 30.3 Å². The Morgan fingerprint density at radius 2 is 2.00 bits per heavy atom. The summed E-state index contributed by atoms with van der Waals surface area (Å²) < 4.78 is 0. The van der Waals surface area contributed by atoms with Gasteiger partial charge in [-0.3, -0.25) is 0 Å². The minimum atomic E-state index is 0.710. The molecule has 0 saturated heterocycles. The normalized spacial score (nSPS) is 18.5. The van der Waals surface area contributed by atoms with Crippen molar-refractivity contribution >= 4 is 0 Å². The first-order valence-corrected chi connectivity index (χ1v) is 6.09. The van der Waals surface area contributed by atoms with E-state index in [-0.39, 0.29) is 0 Å². The van der Waals surface area contributed by atoms with Crippen LogP contribution in [0.2, 0.25) is 0 Å². The molecule has 0 spiro atoms. The van der Waals surface area contributed by atoms with E-state index in [1.807, 2.05) is 0 Å². The Labute approximate surface area is 92.9 Å². The second-order valence-electron chi connectivity index (χ2n) is 4.70. The van der Waals surface area contributed by atoms with Crippen molar-refractivity contribution in [1.82, 2.24) is 5.32 Å². The van der Waals surface area contributed by atoms with Gasteiger partial charge in [0, 0.05) is 6.54 Å². The Balaban J connectivity index is 1.98. The molecule has 1 saturated carbocycles. The van der Waals surface area contributed by atoms with Crippen LogP contribution in [0.25, 0.3) is 0 Å². The summed E-state index contributed by atoms with van der Waals surface area (Å²) in [4.78, 5) is 0. The summed E-state index contributed by atoms with van der Waals surface area (Å²) in [5.41, 5.74) is 1.50. The maximum Gasteiger partial charge on any atom is 0.00172 e. The Morgan fingerprint density at radius 1 is 1.27 bits per heavy atom. The fraction of sp³-hybridized carbons (Fsp3) is 0.571. The molecule has 1 heteroatoms. The number of likely N-dealkylation sites (N-methyl/N-ethyl adjacent to an activating group) is 1. The molecule has 15 heavy (non-hydrogen) atoms. The lowest BCUT2D eigenvalue weighted by atomic mass is 9.77. The van der Waals surface area contributed by atoms with E-state index >= 15 is 0 Å². The maximum atomic E-state index is 3.32. The van der Waals surface area contributed by atoms with Gasteiger partial charge in [-0.2, -0.15) is 0 Å². The zero-order chi connectivity index (χ0) is 10.5. The largest absolute Gasteiger partial charge is 0.319 e. The minimum Gasteiger partial charge on any atom is -0.319 e. The van der Waals surface area contributed by atoms with Gasteiger partial charge >= 0.3 is 0 Å². The highest BCUT2D eigenvalue weighted by atomic mass is 14.8.